The Morgan fingerprint density at radius 3 is 2.35 bits per heavy atom. The third-order valence-corrected chi connectivity index (χ3v) is 4.95. The van der Waals surface area contributed by atoms with Crippen LogP contribution >= 0.6 is 15.9 Å². The van der Waals surface area contributed by atoms with Crippen LogP contribution in [0, 0.1) is 0 Å². The highest BCUT2D eigenvalue weighted by Crippen LogP contribution is 2.23. The number of nitrogens with zero attached hydrogens (tertiary/aromatic N) is 1. The fourth-order valence-corrected chi connectivity index (χ4v) is 3.21. The van der Waals surface area contributed by atoms with Crippen molar-refractivity contribution in [2.45, 2.75) is 23.8 Å². The first kappa shape index (κ1) is 15.8. The summed E-state index contributed by atoms with van der Waals surface area (Å²) in [6, 6.07) is 7.13. The zero-order valence-electron chi connectivity index (χ0n) is 11.6. The predicted octanol–water partition coefficient (Wildman–Crippen LogP) is 2.47. The normalized spacial score (nSPS) is 17.4. The van der Waals surface area contributed by atoms with Gasteiger partial charge in [-0.25, -0.2) is 8.42 Å². The molecular weight excluding hydrogens is 342 g/mol. The molecule has 112 valence electrons. The van der Waals surface area contributed by atoms with Crippen molar-refractivity contribution in [2.75, 3.05) is 36.2 Å². The van der Waals surface area contributed by atoms with E-state index in [1.807, 2.05) is 12.1 Å². The first-order chi connectivity index (χ1) is 9.50. The topological polar surface area (TPSA) is 46.6 Å². The summed E-state index contributed by atoms with van der Waals surface area (Å²) in [6.45, 7) is 2.66. The number of piperidine rings is 1. The average molecular weight is 362 g/mol. The fraction of sp³-hybridized carbons (Fsp3) is 0.571. The van der Waals surface area contributed by atoms with Gasteiger partial charge in [-0.15, -0.1) is 0 Å². The van der Waals surface area contributed by atoms with Gasteiger partial charge in [0.15, 0.2) is 9.84 Å². The van der Waals surface area contributed by atoms with Crippen molar-refractivity contribution in [2.24, 2.45) is 0 Å². The van der Waals surface area contributed by atoms with Gasteiger partial charge in [0.2, 0.25) is 0 Å². The molecule has 4 nitrogen and oxygen atoms in total. The average Bonchev–Trinajstić information content (AvgIpc) is 2.45. The molecule has 1 aromatic rings. The molecule has 0 bridgehead atoms. The van der Waals surface area contributed by atoms with Crippen molar-refractivity contribution in [3.05, 3.63) is 24.3 Å². The number of benzene rings is 1. The number of hydrogen-bond donors (Lipinski definition) is 0. The molecule has 0 atom stereocenters. The molecule has 1 saturated heterocycles. The summed E-state index contributed by atoms with van der Waals surface area (Å²) in [4.78, 5) is 2.65. The van der Waals surface area contributed by atoms with Crippen molar-refractivity contribution in [1.82, 2.24) is 0 Å². The summed E-state index contributed by atoms with van der Waals surface area (Å²) in [5.74, 6) is 0. The van der Waals surface area contributed by atoms with Crippen LogP contribution in [0.2, 0.25) is 0 Å². The molecule has 1 aromatic carbocycles. The van der Waals surface area contributed by atoms with Crippen LogP contribution in [0.3, 0.4) is 0 Å². The first-order valence-corrected chi connectivity index (χ1v) is 9.74. The lowest BCUT2D eigenvalue weighted by atomic mass is 10.1. The molecule has 0 radical (unpaired) electrons. The second-order valence-corrected chi connectivity index (χ2v) is 7.82. The number of rotatable bonds is 5. The predicted molar refractivity (Wildman–Crippen MR) is 84.5 cm³/mol. The summed E-state index contributed by atoms with van der Waals surface area (Å²) < 4.78 is 28.6. The van der Waals surface area contributed by atoms with E-state index in [9.17, 15) is 8.42 Å². The van der Waals surface area contributed by atoms with Gasteiger partial charge in [-0.1, -0.05) is 15.9 Å². The third kappa shape index (κ3) is 4.20. The first-order valence-electron chi connectivity index (χ1n) is 6.73. The van der Waals surface area contributed by atoms with Gasteiger partial charge in [-0.05, 0) is 37.1 Å². The smallest absolute Gasteiger partial charge is 0.175 e. The Morgan fingerprint density at radius 1 is 1.25 bits per heavy atom. The van der Waals surface area contributed by atoms with E-state index >= 15 is 0 Å². The second-order valence-electron chi connectivity index (χ2n) is 5.01. The summed E-state index contributed by atoms with van der Waals surface area (Å²) in [6.07, 6.45) is 3.61. The highest BCUT2D eigenvalue weighted by atomic mass is 79.9. The lowest BCUT2D eigenvalue weighted by molar-refractivity contribution is 0.0481. The molecular formula is C14H20BrNO3S. The Labute approximate surface area is 129 Å². The lowest BCUT2D eigenvalue weighted by Crippen LogP contribution is -2.37. The number of sulfone groups is 1. The number of alkyl halides is 1. The van der Waals surface area contributed by atoms with Gasteiger partial charge >= 0.3 is 0 Å². The maximum atomic E-state index is 11.4. The molecule has 0 unspecified atom stereocenters. The van der Waals surface area contributed by atoms with Crippen LogP contribution in [0.5, 0.6) is 0 Å². The number of anilines is 1. The van der Waals surface area contributed by atoms with E-state index in [2.05, 4.69) is 20.8 Å². The van der Waals surface area contributed by atoms with Crippen LogP contribution in [-0.2, 0) is 14.6 Å². The SMILES string of the molecule is CS(=O)(=O)c1ccc(N2CCC(OCCBr)CC2)cc1. The van der Waals surface area contributed by atoms with Crippen LogP contribution < -0.4 is 4.90 Å². The van der Waals surface area contributed by atoms with Crippen LogP contribution in [0.4, 0.5) is 5.69 Å². The summed E-state index contributed by atoms with van der Waals surface area (Å²) in [7, 11) is -3.11. The van der Waals surface area contributed by atoms with Gasteiger partial charge in [-0.3, -0.25) is 0 Å². The molecule has 0 aromatic heterocycles. The van der Waals surface area contributed by atoms with E-state index in [1.165, 1.54) is 6.26 Å². The quantitative estimate of drug-likeness (QED) is 0.755. The van der Waals surface area contributed by atoms with E-state index in [4.69, 9.17) is 4.74 Å². The summed E-state index contributed by atoms with van der Waals surface area (Å²) >= 11 is 3.36. The van der Waals surface area contributed by atoms with Gasteiger partial charge in [0.25, 0.3) is 0 Å². The van der Waals surface area contributed by atoms with E-state index < -0.39 is 9.84 Å². The lowest BCUT2D eigenvalue weighted by Gasteiger charge is -2.33. The Bertz CT molecular complexity index is 522. The molecule has 0 amide bonds. The summed E-state index contributed by atoms with van der Waals surface area (Å²) in [5.41, 5.74) is 1.08. The molecule has 1 heterocycles. The molecule has 0 N–H and O–H groups in total. The highest BCUT2D eigenvalue weighted by Gasteiger charge is 2.20. The molecule has 0 spiro atoms. The Kier molecular flexibility index (Phi) is 5.46. The highest BCUT2D eigenvalue weighted by molar-refractivity contribution is 9.09. The molecule has 0 aliphatic carbocycles. The standard InChI is InChI=1S/C14H20BrNO3S/c1-20(17,18)14-4-2-12(3-5-14)16-9-6-13(7-10-16)19-11-8-15/h2-5,13H,6-11H2,1H3. The number of halogens is 1. The Morgan fingerprint density at radius 2 is 1.85 bits per heavy atom. The number of ether oxygens (including phenoxy) is 1. The van der Waals surface area contributed by atoms with E-state index in [0.29, 0.717) is 11.0 Å². The molecule has 6 heteroatoms. The van der Waals surface area contributed by atoms with Crippen molar-refractivity contribution < 1.29 is 13.2 Å². The zero-order valence-corrected chi connectivity index (χ0v) is 14.0. The van der Waals surface area contributed by atoms with Crippen molar-refractivity contribution in [3.8, 4) is 0 Å². The monoisotopic (exact) mass is 361 g/mol. The fourth-order valence-electron chi connectivity index (χ4n) is 2.40. The number of hydrogen-bond acceptors (Lipinski definition) is 4. The van der Waals surface area contributed by atoms with Gasteiger partial charge in [-0.2, -0.15) is 0 Å². The molecule has 20 heavy (non-hydrogen) atoms. The minimum Gasteiger partial charge on any atom is -0.377 e. The zero-order chi connectivity index (χ0) is 14.6. The van der Waals surface area contributed by atoms with Crippen LogP contribution in [0.1, 0.15) is 12.8 Å². The van der Waals surface area contributed by atoms with Gasteiger partial charge in [0.05, 0.1) is 17.6 Å². The maximum absolute atomic E-state index is 11.4. The van der Waals surface area contributed by atoms with Gasteiger partial charge < -0.3 is 9.64 Å². The van der Waals surface area contributed by atoms with Crippen LogP contribution in [0.15, 0.2) is 29.2 Å². The third-order valence-electron chi connectivity index (χ3n) is 3.50. The molecule has 1 aliphatic heterocycles. The van der Waals surface area contributed by atoms with Crippen LogP contribution in [-0.4, -0.2) is 45.8 Å². The Balaban J connectivity index is 1.94. The van der Waals surface area contributed by atoms with E-state index in [1.54, 1.807) is 12.1 Å². The van der Waals surface area contributed by atoms with Crippen molar-refractivity contribution >= 4 is 31.5 Å². The molecule has 0 saturated carbocycles. The van der Waals surface area contributed by atoms with E-state index in [-0.39, 0.29) is 0 Å². The van der Waals surface area contributed by atoms with Crippen LogP contribution in [0.25, 0.3) is 0 Å². The molecule has 1 fully saturated rings. The maximum Gasteiger partial charge on any atom is 0.175 e. The minimum atomic E-state index is -3.11. The molecule has 1 aliphatic rings. The van der Waals surface area contributed by atoms with Crippen molar-refractivity contribution in [3.63, 3.8) is 0 Å². The molecule has 2 rings (SSSR count). The van der Waals surface area contributed by atoms with Crippen molar-refractivity contribution in [1.29, 1.82) is 0 Å². The van der Waals surface area contributed by atoms with Gasteiger partial charge in [0, 0.05) is 30.4 Å². The second kappa shape index (κ2) is 6.91. The Hall–Kier alpha value is -0.590. The van der Waals surface area contributed by atoms with E-state index in [0.717, 1.165) is 43.6 Å². The minimum absolute atomic E-state index is 0.346. The van der Waals surface area contributed by atoms with Gasteiger partial charge in [0.1, 0.15) is 0 Å². The largest absolute Gasteiger partial charge is 0.377 e. The summed E-state index contributed by atoms with van der Waals surface area (Å²) in [5, 5.41) is 0.875.